The Morgan fingerprint density at radius 1 is 1.18 bits per heavy atom. The third kappa shape index (κ3) is 8.66. The highest BCUT2D eigenvalue weighted by Gasteiger charge is 2.17. The second-order valence-electron chi connectivity index (χ2n) is 9.08. The van der Waals surface area contributed by atoms with Crippen LogP contribution in [0.25, 0.3) is 6.08 Å². The predicted octanol–water partition coefficient (Wildman–Crippen LogP) is 6.07. The Labute approximate surface area is 197 Å². The molecule has 1 aliphatic heterocycles. The number of carbonyl (C=O) groups is 1. The molecule has 1 saturated heterocycles. The van der Waals surface area contributed by atoms with E-state index < -0.39 is 14.2 Å². The molecular weight excluding hydrogens is 432 g/mol. The minimum Gasteiger partial charge on any atom is -0.492 e. The standard InChI is InChI=1S/C26H32N2O4Si/c1-33(2,3)17-6-4-5-16-31-24-10-11-25(27-20-24)32-23-9-7-8-22(19-23)18-21-12-14-28(15-13-21)26(29)30/h7-11,18-20H,4-5,12-16H2,1-3H3,(H,29,30). The predicted molar refractivity (Wildman–Crippen MR) is 133 cm³/mol. The maximum atomic E-state index is 11.1. The van der Waals surface area contributed by atoms with Crippen molar-refractivity contribution in [2.45, 2.75) is 45.3 Å². The van der Waals surface area contributed by atoms with Crippen molar-refractivity contribution in [1.29, 1.82) is 0 Å². The van der Waals surface area contributed by atoms with Crippen LogP contribution in [-0.4, -0.2) is 48.9 Å². The first-order chi connectivity index (χ1) is 15.8. The van der Waals surface area contributed by atoms with Crippen molar-refractivity contribution in [1.82, 2.24) is 9.88 Å². The van der Waals surface area contributed by atoms with Crippen LogP contribution in [0.15, 0.2) is 48.2 Å². The molecule has 0 spiro atoms. The fourth-order valence-corrected chi connectivity index (χ4v) is 4.00. The van der Waals surface area contributed by atoms with Gasteiger partial charge in [-0.2, -0.15) is 0 Å². The SMILES string of the molecule is C[Si](C)(C)C#CCCCOc1ccc(Oc2cccc(C=C3CCN(C(=O)O)CC3)c2)nc1. The molecule has 6 nitrogen and oxygen atoms in total. The molecule has 1 fully saturated rings. The van der Waals surface area contributed by atoms with E-state index in [0.717, 1.165) is 31.2 Å². The second kappa shape index (κ2) is 11.6. The summed E-state index contributed by atoms with van der Waals surface area (Å²) >= 11 is 0. The summed E-state index contributed by atoms with van der Waals surface area (Å²) in [4.78, 5) is 16.9. The van der Waals surface area contributed by atoms with E-state index in [9.17, 15) is 4.79 Å². The monoisotopic (exact) mass is 464 g/mol. The number of unbranched alkanes of at least 4 members (excludes halogenated alkanes) is 1. The van der Waals surface area contributed by atoms with Crippen molar-refractivity contribution in [3.63, 3.8) is 0 Å². The third-order valence-corrected chi connectivity index (χ3v) is 5.94. The summed E-state index contributed by atoms with van der Waals surface area (Å²) in [5.41, 5.74) is 5.64. The van der Waals surface area contributed by atoms with Gasteiger partial charge in [0.2, 0.25) is 5.88 Å². The van der Waals surface area contributed by atoms with Crippen molar-refractivity contribution in [3.05, 3.63) is 53.7 Å². The highest BCUT2D eigenvalue weighted by atomic mass is 28.3. The van der Waals surface area contributed by atoms with E-state index >= 15 is 0 Å². The molecule has 0 radical (unpaired) electrons. The molecule has 0 atom stereocenters. The Balaban J connectivity index is 1.48. The first-order valence-electron chi connectivity index (χ1n) is 11.3. The van der Waals surface area contributed by atoms with E-state index in [0.29, 0.717) is 37.1 Å². The minimum absolute atomic E-state index is 0.503. The topological polar surface area (TPSA) is 71.9 Å². The van der Waals surface area contributed by atoms with Crippen molar-refractivity contribution >= 4 is 20.2 Å². The number of ether oxygens (including phenoxy) is 2. The zero-order valence-electron chi connectivity index (χ0n) is 19.6. The van der Waals surface area contributed by atoms with Gasteiger partial charge in [0.1, 0.15) is 19.6 Å². The van der Waals surface area contributed by atoms with Crippen LogP contribution in [-0.2, 0) is 0 Å². The van der Waals surface area contributed by atoms with Crippen molar-refractivity contribution in [3.8, 4) is 28.8 Å². The first kappa shape index (κ1) is 24.4. The molecule has 174 valence electrons. The first-order valence-corrected chi connectivity index (χ1v) is 14.8. The third-order valence-electron chi connectivity index (χ3n) is 5.01. The lowest BCUT2D eigenvalue weighted by Crippen LogP contribution is -2.35. The van der Waals surface area contributed by atoms with Crippen LogP contribution in [0, 0.1) is 11.5 Å². The van der Waals surface area contributed by atoms with Gasteiger partial charge < -0.3 is 19.5 Å². The minimum atomic E-state index is -1.29. The molecule has 3 rings (SSSR count). The number of likely N-dealkylation sites (tertiary alicyclic amines) is 1. The zero-order valence-corrected chi connectivity index (χ0v) is 20.6. The van der Waals surface area contributed by atoms with E-state index in [4.69, 9.17) is 14.6 Å². The number of amides is 1. The number of rotatable bonds is 7. The molecule has 0 bridgehead atoms. The average Bonchev–Trinajstić information content (AvgIpc) is 2.77. The Morgan fingerprint density at radius 2 is 1.97 bits per heavy atom. The summed E-state index contributed by atoms with van der Waals surface area (Å²) in [6.45, 7) is 8.43. The summed E-state index contributed by atoms with van der Waals surface area (Å²) in [7, 11) is -1.29. The number of hydrogen-bond acceptors (Lipinski definition) is 4. The fourth-order valence-electron chi connectivity index (χ4n) is 3.34. The molecule has 0 saturated carbocycles. The van der Waals surface area contributed by atoms with Gasteiger partial charge in [0, 0.05) is 25.6 Å². The number of hydrogen-bond donors (Lipinski definition) is 1. The fraction of sp³-hybridized carbons (Fsp3) is 0.385. The van der Waals surface area contributed by atoms with Crippen LogP contribution in [0.3, 0.4) is 0 Å². The van der Waals surface area contributed by atoms with Crippen LogP contribution in [0.1, 0.15) is 31.2 Å². The number of carboxylic acid groups (broad SMARTS) is 1. The van der Waals surface area contributed by atoms with Crippen LogP contribution in [0.4, 0.5) is 4.79 Å². The van der Waals surface area contributed by atoms with Crippen LogP contribution in [0.5, 0.6) is 17.4 Å². The van der Waals surface area contributed by atoms with Gasteiger partial charge in [-0.05, 0) is 43.0 Å². The molecule has 0 unspecified atom stereocenters. The quantitative estimate of drug-likeness (QED) is 0.306. The van der Waals surface area contributed by atoms with Crippen molar-refractivity contribution < 1.29 is 19.4 Å². The Kier molecular flexibility index (Phi) is 8.56. The molecule has 1 aromatic carbocycles. The van der Waals surface area contributed by atoms with Gasteiger partial charge in [-0.25, -0.2) is 9.78 Å². The highest BCUT2D eigenvalue weighted by Crippen LogP contribution is 2.25. The molecule has 1 N–H and O–H groups in total. The van der Waals surface area contributed by atoms with Gasteiger partial charge in [0.25, 0.3) is 0 Å². The van der Waals surface area contributed by atoms with Gasteiger partial charge >= 0.3 is 6.09 Å². The largest absolute Gasteiger partial charge is 0.492 e. The van der Waals surface area contributed by atoms with Crippen molar-refractivity contribution in [2.24, 2.45) is 0 Å². The lowest BCUT2D eigenvalue weighted by Gasteiger charge is -2.25. The molecular formula is C26H32N2O4Si. The molecule has 1 amide bonds. The number of piperidine rings is 1. The van der Waals surface area contributed by atoms with Crippen LogP contribution < -0.4 is 9.47 Å². The van der Waals surface area contributed by atoms with E-state index in [1.807, 2.05) is 30.3 Å². The van der Waals surface area contributed by atoms with E-state index in [2.05, 4.69) is 42.2 Å². The lowest BCUT2D eigenvalue weighted by atomic mass is 10.0. The number of nitrogens with zero attached hydrogens (tertiary/aromatic N) is 2. The summed E-state index contributed by atoms with van der Waals surface area (Å²) in [6, 6.07) is 11.5. The second-order valence-corrected chi connectivity index (χ2v) is 13.8. The zero-order chi connectivity index (χ0) is 23.7. The smallest absolute Gasteiger partial charge is 0.407 e. The van der Waals surface area contributed by atoms with E-state index in [1.54, 1.807) is 12.3 Å². The van der Waals surface area contributed by atoms with Crippen LogP contribution in [0.2, 0.25) is 19.6 Å². The summed E-state index contributed by atoms with van der Waals surface area (Å²) in [5, 5.41) is 9.08. The van der Waals surface area contributed by atoms with Gasteiger partial charge in [-0.15, -0.1) is 11.5 Å². The summed E-state index contributed by atoms with van der Waals surface area (Å²) in [6.07, 6.45) is 6.20. The van der Waals surface area contributed by atoms with Gasteiger partial charge in [0.15, 0.2) is 0 Å². The number of benzene rings is 1. The molecule has 1 aromatic heterocycles. The molecule has 33 heavy (non-hydrogen) atoms. The highest BCUT2D eigenvalue weighted by molar-refractivity contribution is 6.83. The number of aromatic nitrogens is 1. The Hall–Kier alpha value is -3.24. The number of pyridine rings is 1. The van der Waals surface area contributed by atoms with E-state index in [-0.39, 0.29) is 0 Å². The normalized spacial score (nSPS) is 13.7. The Morgan fingerprint density at radius 3 is 2.64 bits per heavy atom. The summed E-state index contributed by atoms with van der Waals surface area (Å²) in [5.74, 6) is 5.17. The Bertz CT molecular complexity index is 1020. The molecule has 0 aliphatic carbocycles. The maximum absolute atomic E-state index is 11.1. The molecule has 2 heterocycles. The average molecular weight is 465 g/mol. The lowest BCUT2D eigenvalue weighted by molar-refractivity contribution is 0.142. The molecule has 1 aliphatic rings. The maximum Gasteiger partial charge on any atom is 0.407 e. The van der Waals surface area contributed by atoms with Crippen LogP contribution >= 0.6 is 0 Å². The van der Waals surface area contributed by atoms with E-state index in [1.165, 1.54) is 10.5 Å². The van der Waals surface area contributed by atoms with Crippen molar-refractivity contribution in [2.75, 3.05) is 19.7 Å². The van der Waals surface area contributed by atoms with Gasteiger partial charge in [0.05, 0.1) is 12.8 Å². The van der Waals surface area contributed by atoms with Gasteiger partial charge in [-0.1, -0.05) is 43.4 Å². The molecule has 7 heteroatoms. The van der Waals surface area contributed by atoms with Gasteiger partial charge in [-0.3, -0.25) is 0 Å². The molecule has 2 aromatic rings. The summed E-state index contributed by atoms with van der Waals surface area (Å²) < 4.78 is 11.7.